The van der Waals surface area contributed by atoms with Gasteiger partial charge in [-0.3, -0.25) is 4.98 Å². The molecule has 0 radical (unpaired) electrons. The van der Waals surface area contributed by atoms with Gasteiger partial charge in [-0.25, -0.2) is 0 Å². The van der Waals surface area contributed by atoms with E-state index in [1.165, 1.54) is 16.7 Å². The lowest BCUT2D eigenvalue weighted by Gasteiger charge is -2.18. The van der Waals surface area contributed by atoms with E-state index in [0.717, 1.165) is 12.1 Å². The van der Waals surface area contributed by atoms with Crippen LogP contribution in [0, 0.1) is 5.92 Å². The van der Waals surface area contributed by atoms with Crippen molar-refractivity contribution in [3.8, 4) is 11.3 Å². The summed E-state index contributed by atoms with van der Waals surface area (Å²) in [6, 6.07) is 13.1. The molecule has 0 amide bonds. The standard InChI is InChI=1S/C19H25N/c1-14(2)11-15-7-6-8-16(12-15)18-10-9-17(13-20-18)19(3,4)5/h6-10,12-14H,11H2,1-5H3. The summed E-state index contributed by atoms with van der Waals surface area (Å²) in [7, 11) is 0. The van der Waals surface area contributed by atoms with Crippen LogP contribution in [0.4, 0.5) is 0 Å². The van der Waals surface area contributed by atoms with E-state index < -0.39 is 0 Å². The molecule has 1 heteroatoms. The van der Waals surface area contributed by atoms with Gasteiger partial charge in [-0.2, -0.15) is 0 Å². The summed E-state index contributed by atoms with van der Waals surface area (Å²) in [5.41, 5.74) is 5.09. The molecule has 0 aliphatic heterocycles. The van der Waals surface area contributed by atoms with Crippen LogP contribution < -0.4 is 0 Å². The Bertz CT molecular complexity index is 559. The molecule has 0 aliphatic rings. The highest BCUT2D eigenvalue weighted by molar-refractivity contribution is 5.60. The number of rotatable bonds is 3. The molecule has 0 unspecified atom stereocenters. The third-order valence-electron chi connectivity index (χ3n) is 3.50. The van der Waals surface area contributed by atoms with Crippen LogP contribution in [0.1, 0.15) is 45.7 Å². The Morgan fingerprint density at radius 3 is 2.35 bits per heavy atom. The number of pyridine rings is 1. The van der Waals surface area contributed by atoms with Crippen LogP contribution in [0.5, 0.6) is 0 Å². The molecule has 0 fully saturated rings. The van der Waals surface area contributed by atoms with Gasteiger partial charge >= 0.3 is 0 Å². The molecule has 20 heavy (non-hydrogen) atoms. The van der Waals surface area contributed by atoms with Crippen LogP contribution in [0.3, 0.4) is 0 Å². The van der Waals surface area contributed by atoms with Gasteiger partial charge in [-0.1, -0.05) is 58.9 Å². The molecule has 2 rings (SSSR count). The minimum Gasteiger partial charge on any atom is -0.256 e. The van der Waals surface area contributed by atoms with Gasteiger partial charge in [0.15, 0.2) is 0 Å². The van der Waals surface area contributed by atoms with E-state index in [4.69, 9.17) is 0 Å². The Labute approximate surface area is 123 Å². The minimum atomic E-state index is 0.158. The van der Waals surface area contributed by atoms with Crippen molar-refractivity contribution < 1.29 is 0 Å². The average molecular weight is 267 g/mol. The molecule has 0 atom stereocenters. The van der Waals surface area contributed by atoms with Crippen molar-refractivity contribution in [2.75, 3.05) is 0 Å². The maximum absolute atomic E-state index is 4.64. The zero-order valence-electron chi connectivity index (χ0n) is 13.3. The maximum atomic E-state index is 4.64. The fraction of sp³-hybridized carbons (Fsp3) is 0.421. The van der Waals surface area contributed by atoms with E-state index in [0.29, 0.717) is 5.92 Å². The van der Waals surface area contributed by atoms with E-state index in [-0.39, 0.29) is 5.41 Å². The van der Waals surface area contributed by atoms with Gasteiger partial charge in [0.05, 0.1) is 5.69 Å². The fourth-order valence-corrected chi connectivity index (χ4v) is 2.34. The average Bonchev–Trinajstić information content (AvgIpc) is 2.37. The quantitative estimate of drug-likeness (QED) is 0.740. The number of benzene rings is 1. The van der Waals surface area contributed by atoms with Gasteiger partial charge < -0.3 is 0 Å². The molecule has 106 valence electrons. The number of nitrogens with zero attached hydrogens (tertiary/aromatic N) is 1. The molecular weight excluding hydrogens is 242 g/mol. The smallest absolute Gasteiger partial charge is 0.0702 e. The van der Waals surface area contributed by atoms with Crippen molar-refractivity contribution in [2.24, 2.45) is 5.92 Å². The Kier molecular flexibility index (Phi) is 4.27. The molecular formula is C19H25N. The normalized spacial score (nSPS) is 11.9. The monoisotopic (exact) mass is 267 g/mol. The van der Waals surface area contributed by atoms with Gasteiger partial charge in [-0.15, -0.1) is 0 Å². The highest BCUT2D eigenvalue weighted by atomic mass is 14.7. The molecule has 0 bridgehead atoms. The van der Waals surface area contributed by atoms with E-state index in [9.17, 15) is 0 Å². The van der Waals surface area contributed by atoms with Crippen LogP contribution in [-0.2, 0) is 11.8 Å². The van der Waals surface area contributed by atoms with Gasteiger partial charge in [0.25, 0.3) is 0 Å². The minimum absolute atomic E-state index is 0.158. The zero-order valence-corrected chi connectivity index (χ0v) is 13.3. The van der Waals surface area contributed by atoms with E-state index in [1.54, 1.807) is 0 Å². The van der Waals surface area contributed by atoms with Crippen molar-refractivity contribution in [1.82, 2.24) is 4.98 Å². The number of hydrogen-bond donors (Lipinski definition) is 0. The second-order valence-corrected chi connectivity index (χ2v) is 6.98. The van der Waals surface area contributed by atoms with Crippen molar-refractivity contribution in [1.29, 1.82) is 0 Å². The van der Waals surface area contributed by atoms with Crippen molar-refractivity contribution in [2.45, 2.75) is 46.5 Å². The summed E-state index contributed by atoms with van der Waals surface area (Å²) in [6.45, 7) is 11.2. The molecule has 1 aromatic heterocycles. The van der Waals surface area contributed by atoms with Crippen LogP contribution in [0.2, 0.25) is 0 Å². The summed E-state index contributed by atoms with van der Waals surface area (Å²) < 4.78 is 0. The van der Waals surface area contributed by atoms with Gasteiger partial charge in [-0.05, 0) is 41.0 Å². The first-order valence-electron chi connectivity index (χ1n) is 7.42. The van der Waals surface area contributed by atoms with E-state index >= 15 is 0 Å². The molecule has 0 saturated carbocycles. The van der Waals surface area contributed by atoms with Gasteiger partial charge in [0.2, 0.25) is 0 Å². The Morgan fingerprint density at radius 2 is 1.80 bits per heavy atom. The Hall–Kier alpha value is -1.63. The Morgan fingerprint density at radius 1 is 1.05 bits per heavy atom. The second kappa shape index (κ2) is 5.78. The highest BCUT2D eigenvalue weighted by Gasteiger charge is 2.13. The molecule has 0 spiro atoms. The van der Waals surface area contributed by atoms with Crippen molar-refractivity contribution in [3.63, 3.8) is 0 Å². The lowest BCUT2D eigenvalue weighted by molar-refractivity contribution is 0.587. The van der Waals surface area contributed by atoms with E-state index in [2.05, 4.69) is 76.0 Å². The first kappa shape index (κ1) is 14.8. The zero-order chi connectivity index (χ0) is 14.8. The molecule has 0 N–H and O–H groups in total. The largest absolute Gasteiger partial charge is 0.256 e. The van der Waals surface area contributed by atoms with Gasteiger partial charge in [0.1, 0.15) is 0 Å². The van der Waals surface area contributed by atoms with Crippen LogP contribution >= 0.6 is 0 Å². The maximum Gasteiger partial charge on any atom is 0.0702 e. The number of aromatic nitrogens is 1. The molecule has 1 aromatic carbocycles. The lowest BCUT2D eigenvalue weighted by atomic mass is 9.88. The van der Waals surface area contributed by atoms with Gasteiger partial charge in [0, 0.05) is 11.8 Å². The van der Waals surface area contributed by atoms with Crippen molar-refractivity contribution in [3.05, 3.63) is 53.7 Å². The second-order valence-electron chi connectivity index (χ2n) is 6.98. The molecule has 1 heterocycles. The summed E-state index contributed by atoms with van der Waals surface area (Å²) >= 11 is 0. The summed E-state index contributed by atoms with van der Waals surface area (Å²) in [4.78, 5) is 4.64. The summed E-state index contributed by atoms with van der Waals surface area (Å²) in [5.74, 6) is 0.682. The number of hydrogen-bond acceptors (Lipinski definition) is 1. The third-order valence-corrected chi connectivity index (χ3v) is 3.50. The van der Waals surface area contributed by atoms with Crippen molar-refractivity contribution >= 4 is 0 Å². The molecule has 0 saturated heterocycles. The lowest BCUT2D eigenvalue weighted by Crippen LogP contribution is -2.11. The topological polar surface area (TPSA) is 12.9 Å². The SMILES string of the molecule is CC(C)Cc1cccc(-c2ccc(C(C)(C)C)cn2)c1. The first-order valence-corrected chi connectivity index (χ1v) is 7.42. The molecule has 0 aliphatic carbocycles. The summed E-state index contributed by atoms with van der Waals surface area (Å²) in [6.07, 6.45) is 3.12. The predicted molar refractivity (Wildman–Crippen MR) is 86.9 cm³/mol. The molecule has 1 nitrogen and oxygen atoms in total. The summed E-state index contributed by atoms with van der Waals surface area (Å²) in [5, 5.41) is 0. The Balaban J connectivity index is 2.28. The first-order chi connectivity index (χ1) is 9.36. The fourth-order valence-electron chi connectivity index (χ4n) is 2.34. The highest BCUT2D eigenvalue weighted by Crippen LogP contribution is 2.25. The van der Waals surface area contributed by atoms with Crippen LogP contribution in [-0.4, -0.2) is 4.98 Å². The van der Waals surface area contributed by atoms with Crippen LogP contribution in [0.15, 0.2) is 42.6 Å². The van der Waals surface area contributed by atoms with Crippen LogP contribution in [0.25, 0.3) is 11.3 Å². The predicted octanol–water partition coefficient (Wildman–Crippen LogP) is 5.24. The molecule has 2 aromatic rings. The van der Waals surface area contributed by atoms with E-state index in [1.807, 2.05) is 6.20 Å². The third kappa shape index (κ3) is 3.69.